The first kappa shape index (κ1) is 31.6. The summed E-state index contributed by atoms with van der Waals surface area (Å²) in [5.41, 5.74) is 4.63. The number of nitrogens with one attached hydrogen (secondary N) is 2. The Hall–Kier alpha value is -4.97. The van der Waals surface area contributed by atoms with Crippen LogP contribution >= 0.6 is 11.3 Å². The van der Waals surface area contributed by atoms with Gasteiger partial charge in [-0.3, -0.25) is 9.20 Å². The fourth-order valence-electron chi connectivity index (χ4n) is 6.34. The number of thiazole rings is 1. The zero-order chi connectivity index (χ0) is 33.4. The zero-order valence-electron chi connectivity index (χ0n) is 26.6. The van der Waals surface area contributed by atoms with Gasteiger partial charge in [-0.1, -0.05) is 18.3 Å². The molecule has 12 nitrogen and oxygen atoms in total. The lowest BCUT2D eigenvalue weighted by molar-refractivity contribution is -0.123. The van der Waals surface area contributed by atoms with E-state index in [1.165, 1.54) is 23.5 Å². The number of imidazole rings is 1. The molecule has 2 saturated heterocycles. The molecule has 3 N–H and O–H groups in total. The molecule has 48 heavy (non-hydrogen) atoms. The van der Waals surface area contributed by atoms with Gasteiger partial charge in [-0.25, -0.2) is 24.3 Å². The molecular formula is C34H35FN10O2S. The van der Waals surface area contributed by atoms with E-state index in [1.54, 1.807) is 12.1 Å². The Labute approximate surface area is 280 Å². The monoisotopic (exact) mass is 666 g/mol. The van der Waals surface area contributed by atoms with Gasteiger partial charge < -0.3 is 25.5 Å². The predicted octanol–water partition coefficient (Wildman–Crippen LogP) is 4.06. The van der Waals surface area contributed by atoms with E-state index < -0.39 is 6.10 Å². The smallest absolute Gasteiger partial charge is 0.237 e. The molecule has 4 aromatic heterocycles. The maximum atomic E-state index is 13.6. The van der Waals surface area contributed by atoms with Gasteiger partial charge in [0.1, 0.15) is 33.9 Å². The number of fused-ring (bicyclic) bond motifs is 1. The maximum absolute atomic E-state index is 13.6. The quantitative estimate of drug-likeness (QED) is 0.222. The lowest BCUT2D eigenvalue weighted by Crippen LogP contribution is -2.49. The normalized spacial score (nSPS) is 18.3. The zero-order valence-corrected chi connectivity index (χ0v) is 27.4. The molecule has 6 heterocycles. The Balaban J connectivity index is 1.08. The van der Waals surface area contributed by atoms with Gasteiger partial charge in [-0.05, 0) is 62.1 Å². The third kappa shape index (κ3) is 6.19. The number of anilines is 3. The van der Waals surface area contributed by atoms with Crippen molar-refractivity contribution in [3.05, 3.63) is 71.4 Å². The van der Waals surface area contributed by atoms with Crippen molar-refractivity contribution in [3.63, 3.8) is 0 Å². The number of nitrogens with zero attached hydrogens (tertiary/aromatic N) is 8. The number of aliphatic hydroxyl groups is 1. The van der Waals surface area contributed by atoms with Crippen molar-refractivity contribution in [1.29, 1.82) is 5.26 Å². The summed E-state index contributed by atoms with van der Waals surface area (Å²) in [7, 11) is 1.91. The molecule has 5 aromatic rings. The SMILES string of the molecule is CCc1nc2ccc(-c3cnc(N4CCC(NC(=O)C5CC(O)CN5)CC4)nc3)cn2c1N(C)c1nc(-c2ccc(F)cc2)c(C#N)s1. The predicted molar refractivity (Wildman–Crippen MR) is 182 cm³/mol. The summed E-state index contributed by atoms with van der Waals surface area (Å²) < 4.78 is 15.6. The standard InChI is InChI=1S/C34H35FN10O2S/c1-3-26-32(43(2)34-42-30(28(15-36)48-34)20-4-7-23(35)8-5-20)45-19-21(6-9-29(45)41-26)22-16-38-33(39-17-22)44-12-10-24(11-13-44)40-31(47)27-14-25(46)18-37-27/h4-9,16-17,19,24-25,27,37,46H,3,10-14,18H2,1-2H3,(H,40,47). The Morgan fingerprint density at radius 1 is 1.12 bits per heavy atom. The van der Waals surface area contributed by atoms with Gasteiger partial charge >= 0.3 is 0 Å². The lowest BCUT2D eigenvalue weighted by atomic mass is 10.0. The van der Waals surface area contributed by atoms with E-state index in [4.69, 9.17) is 19.9 Å². The number of rotatable bonds is 8. The molecule has 2 aliphatic heterocycles. The average Bonchev–Trinajstić information content (AvgIpc) is 3.85. The fraction of sp³-hybridized carbons (Fsp3) is 0.353. The van der Waals surface area contributed by atoms with Crippen LogP contribution in [0.4, 0.5) is 21.3 Å². The molecule has 246 valence electrons. The average molecular weight is 667 g/mol. The first-order valence-corrected chi connectivity index (χ1v) is 16.8. The first-order chi connectivity index (χ1) is 23.3. The second-order valence-electron chi connectivity index (χ2n) is 12.1. The molecule has 1 amide bonds. The molecule has 0 spiro atoms. The molecule has 0 radical (unpaired) electrons. The molecule has 2 aliphatic rings. The second-order valence-corrected chi connectivity index (χ2v) is 13.1. The van der Waals surface area contributed by atoms with Gasteiger partial charge in [0.25, 0.3) is 0 Å². The van der Waals surface area contributed by atoms with Gasteiger partial charge in [-0.2, -0.15) is 5.26 Å². The summed E-state index contributed by atoms with van der Waals surface area (Å²) in [6.07, 6.45) is 7.92. The number of nitriles is 1. The number of halogens is 1. The van der Waals surface area contributed by atoms with Crippen molar-refractivity contribution < 1.29 is 14.3 Å². The third-order valence-electron chi connectivity index (χ3n) is 8.96. The van der Waals surface area contributed by atoms with Crippen LogP contribution in [0.2, 0.25) is 0 Å². The number of pyridine rings is 1. The number of hydrogen-bond acceptors (Lipinski definition) is 11. The summed E-state index contributed by atoms with van der Waals surface area (Å²) in [5, 5.41) is 26.4. The Bertz CT molecular complexity index is 1980. The topological polar surface area (TPSA) is 148 Å². The van der Waals surface area contributed by atoms with Gasteiger partial charge in [-0.15, -0.1) is 0 Å². The minimum absolute atomic E-state index is 0.0470. The highest BCUT2D eigenvalue weighted by atomic mass is 32.1. The second kappa shape index (κ2) is 13.3. The molecule has 0 saturated carbocycles. The number of amides is 1. The Morgan fingerprint density at radius 2 is 1.85 bits per heavy atom. The molecule has 14 heteroatoms. The first-order valence-electron chi connectivity index (χ1n) is 16.0. The van der Waals surface area contributed by atoms with Crippen LogP contribution in [0.1, 0.15) is 36.8 Å². The largest absolute Gasteiger partial charge is 0.392 e. The van der Waals surface area contributed by atoms with E-state index in [-0.39, 0.29) is 23.8 Å². The summed E-state index contributed by atoms with van der Waals surface area (Å²) in [5.74, 6) is 1.09. The number of carbonyl (C=O) groups excluding carboxylic acids is 1. The van der Waals surface area contributed by atoms with Crippen molar-refractivity contribution >= 4 is 39.8 Å². The number of aliphatic hydroxyl groups excluding tert-OH is 1. The number of benzene rings is 1. The van der Waals surface area contributed by atoms with Crippen molar-refractivity contribution in [3.8, 4) is 28.5 Å². The minimum Gasteiger partial charge on any atom is -0.392 e. The van der Waals surface area contributed by atoms with E-state index in [0.29, 0.717) is 46.6 Å². The number of aryl methyl sites for hydroxylation is 1. The van der Waals surface area contributed by atoms with E-state index in [2.05, 4.69) is 21.6 Å². The van der Waals surface area contributed by atoms with Gasteiger partial charge in [0.05, 0.1) is 17.8 Å². The van der Waals surface area contributed by atoms with Crippen LogP contribution in [0.15, 0.2) is 55.0 Å². The van der Waals surface area contributed by atoms with E-state index in [1.807, 2.05) is 54.0 Å². The molecular weight excluding hydrogens is 632 g/mol. The van der Waals surface area contributed by atoms with E-state index >= 15 is 0 Å². The van der Waals surface area contributed by atoms with Gasteiger partial charge in [0, 0.05) is 68.0 Å². The number of carbonyl (C=O) groups is 1. The van der Waals surface area contributed by atoms with Crippen LogP contribution in [0, 0.1) is 17.1 Å². The Kier molecular flexibility index (Phi) is 8.74. The Morgan fingerprint density at radius 3 is 2.52 bits per heavy atom. The molecule has 0 bridgehead atoms. The van der Waals surface area contributed by atoms with Crippen molar-refractivity contribution in [2.45, 2.75) is 50.8 Å². The van der Waals surface area contributed by atoms with Crippen LogP contribution in [0.3, 0.4) is 0 Å². The van der Waals surface area contributed by atoms with E-state index in [9.17, 15) is 19.6 Å². The lowest BCUT2D eigenvalue weighted by Gasteiger charge is -2.32. The van der Waals surface area contributed by atoms with Crippen LogP contribution in [-0.2, 0) is 11.2 Å². The fourth-order valence-corrected chi connectivity index (χ4v) is 7.19. The number of aromatic nitrogens is 5. The molecule has 1 aromatic carbocycles. The van der Waals surface area contributed by atoms with Crippen molar-refractivity contribution in [2.75, 3.05) is 36.5 Å². The van der Waals surface area contributed by atoms with Crippen LogP contribution in [0.25, 0.3) is 28.0 Å². The summed E-state index contributed by atoms with van der Waals surface area (Å²) in [4.78, 5) is 36.1. The van der Waals surface area contributed by atoms with Crippen LogP contribution in [-0.4, -0.2) is 80.2 Å². The maximum Gasteiger partial charge on any atom is 0.237 e. The third-order valence-corrected chi connectivity index (χ3v) is 9.99. The molecule has 7 rings (SSSR count). The van der Waals surface area contributed by atoms with Gasteiger partial charge in [0.15, 0.2) is 5.13 Å². The van der Waals surface area contributed by atoms with Crippen LogP contribution in [0.5, 0.6) is 0 Å². The molecule has 0 aliphatic carbocycles. The summed E-state index contributed by atoms with van der Waals surface area (Å²) in [6, 6.07) is 12.0. The van der Waals surface area contributed by atoms with Crippen molar-refractivity contribution in [2.24, 2.45) is 0 Å². The number of hydrogen-bond donors (Lipinski definition) is 3. The summed E-state index contributed by atoms with van der Waals surface area (Å²) in [6.45, 7) is 3.97. The highest BCUT2D eigenvalue weighted by molar-refractivity contribution is 7.16. The van der Waals surface area contributed by atoms with Crippen molar-refractivity contribution in [1.82, 2.24) is 35.0 Å². The van der Waals surface area contributed by atoms with E-state index in [0.717, 1.165) is 54.2 Å². The van der Waals surface area contributed by atoms with Gasteiger partial charge in [0.2, 0.25) is 11.9 Å². The molecule has 2 unspecified atom stereocenters. The molecule has 2 atom stereocenters. The number of piperidine rings is 1. The van der Waals surface area contributed by atoms with Crippen LogP contribution < -0.4 is 20.4 Å². The highest BCUT2D eigenvalue weighted by Crippen LogP contribution is 2.37. The minimum atomic E-state index is -0.465. The number of β-amino-alcohol motifs (C(OH)–C–C–N with tert-alkyl or cyclic N) is 1. The summed E-state index contributed by atoms with van der Waals surface area (Å²) >= 11 is 1.28. The highest BCUT2D eigenvalue weighted by Gasteiger charge is 2.30. The molecule has 2 fully saturated rings.